The predicted octanol–water partition coefficient (Wildman–Crippen LogP) is -0.563. The van der Waals surface area contributed by atoms with E-state index in [1.807, 2.05) is 0 Å². The van der Waals surface area contributed by atoms with E-state index in [9.17, 15) is 9.59 Å². The van der Waals surface area contributed by atoms with Crippen molar-refractivity contribution in [3.63, 3.8) is 0 Å². The highest BCUT2D eigenvalue weighted by molar-refractivity contribution is 5.79. The van der Waals surface area contributed by atoms with Gasteiger partial charge in [0.25, 0.3) is 0 Å². The summed E-state index contributed by atoms with van der Waals surface area (Å²) < 4.78 is 2.73. The van der Waals surface area contributed by atoms with Gasteiger partial charge in [-0.05, 0) is 13.0 Å². The number of carbonyl (C=O) groups is 2. The zero-order valence-corrected chi connectivity index (χ0v) is 10.8. The van der Waals surface area contributed by atoms with Crippen LogP contribution >= 0.6 is 0 Å². The van der Waals surface area contributed by atoms with E-state index in [0.717, 1.165) is 0 Å². The van der Waals surface area contributed by atoms with Gasteiger partial charge in [0, 0.05) is 12.4 Å². The number of rotatable bonds is 6. The van der Waals surface area contributed by atoms with Crippen LogP contribution in [0.15, 0.2) is 24.7 Å². The third-order valence-corrected chi connectivity index (χ3v) is 2.63. The molecule has 0 saturated heterocycles. The highest BCUT2D eigenvalue weighted by Gasteiger charge is 2.15. The van der Waals surface area contributed by atoms with Crippen LogP contribution in [0.1, 0.15) is 18.7 Å². The Bertz CT molecular complexity index is 591. The maximum Gasteiger partial charge on any atom is 0.325 e. The van der Waals surface area contributed by atoms with Gasteiger partial charge in [0.1, 0.15) is 18.3 Å². The van der Waals surface area contributed by atoms with E-state index in [-0.39, 0.29) is 19.0 Å². The molecule has 0 spiro atoms. The maximum atomic E-state index is 11.9. The fraction of sp³-hybridized carbons (Fsp3) is 0.364. The standard InChI is InChI=1S/C11H14N6O3/c1-8(17-4-2-3-13-17)11(20)12-5-9-6-16(15-14-9)7-10(18)19/h2-4,6,8H,5,7H2,1H3,(H,12,20)(H,18,19). The van der Waals surface area contributed by atoms with Crippen LogP contribution in [0, 0.1) is 0 Å². The van der Waals surface area contributed by atoms with Gasteiger partial charge in [-0.1, -0.05) is 5.21 Å². The molecule has 0 aliphatic heterocycles. The number of hydrogen-bond acceptors (Lipinski definition) is 5. The quantitative estimate of drug-likeness (QED) is 0.731. The van der Waals surface area contributed by atoms with Crippen molar-refractivity contribution in [3.8, 4) is 0 Å². The van der Waals surface area contributed by atoms with E-state index in [0.29, 0.717) is 5.69 Å². The summed E-state index contributed by atoms with van der Waals surface area (Å²) in [6.45, 7) is 1.65. The smallest absolute Gasteiger partial charge is 0.325 e. The average Bonchev–Trinajstić information content (AvgIpc) is 3.05. The summed E-state index contributed by atoms with van der Waals surface area (Å²) in [6.07, 6.45) is 4.78. The molecule has 1 amide bonds. The second-order valence-corrected chi connectivity index (χ2v) is 4.18. The van der Waals surface area contributed by atoms with Gasteiger partial charge < -0.3 is 10.4 Å². The Kier molecular flexibility index (Phi) is 4.08. The molecule has 0 bridgehead atoms. The molecule has 9 heteroatoms. The van der Waals surface area contributed by atoms with E-state index < -0.39 is 12.0 Å². The fourth-order valence-corrected chi connectivity index (χ4v) is 1.59. The fourth-order valence-electron chi connectivity index (χ4n) is 1.59. The van der Waals surface area contributed by atoms with Crippen molar-refractivity contribution in [1.29, 1.82) is 0 Å². The zero-order valence-electron chi connectivity index (χ0n) is 10.8. The molecule has 9 nitrogen and oxygen atoms in total. The lowest BCUT2D eigenvalue weighted by Crippen LogP contribution is -2.30. The van der Waals surface area contributed by atoms with Crippen molar-refractivity contribution in [1.82, 2.24) is 30.1 Å². The minimum Gasteiger partial charge on any atom is -0.480 e. The van der Waals surface area contributed by atoms with Crippen molar-refractivity contribution >= 4 is 11.9 Å². The zero-order chi connectivity index (χ0) is 14.5. The molecule has 1 unspecified atom stereocenters. The molecule has 106 valence electrons. The van der Waals surface area contributed by atoms with Gasteiger partial charge in [0.2, 0.25) is 5.91 Å². The molecule has 1 atom stereocenters. The Morgan fingerprint density at radius 1 is 1.50 bits per heavy atom. The van der Waals surface area contributed by atoms with Gasteiger partial charge in [-0.3, -0.25) is 14.3 Å². The van der Waals surface area contributed by atoms with Crippen molar-refractivity contribution in [2.75, 3.05) is 0 Å². The van der Waals surface area contributed by atoms with Gasteiger partial charge >= 0.3 is 5.97 Å². The van der Waals surface area contributed by atoms with Crippen molar-refractivity contribution in [2.24, 2.45) is 0 Å². The summed E-state index contributed by atoms with van der Waals surface area (Å²) in [5.74, 6) is -1.21. The normalized spacial score (nSPS) is 12.1. The summed E-state index contributed by atoms with van der Waals surface area (Å²) in [4.78, 5) is 22.4. The number of nitrogens with zero attached hydrogens (tertiary/aromatic N) is 5. The summed E-state index contributed by atoms with van der Waals surface area (Å²) >= 11 is 0. The van der Waals surface area contributed by atoms with Crippen LogP contribution in [-0.2, 0) is 22.7 Å². The Labute approximate surface area is 114 Å². The van der Waals surface area contributed by atoms with Gasteiger partial charge in [-0.25, -0.2) is 4.68 Å². The Morgan fingerprint density at radius 2 is 2.30 bits per heavy atom. The first-order chi connectivity index (χ1) is 9.56. The average molecular weight is 278 g/mol. The SMILES string of the molecule is CC(C(=O)NCc1cn(CC(=O)O)nn1)n1cccn1. The predicted molar refractivity (Wildman–Crippen MR) is 66.4 cm³/mol. The Morgan fingerprint density at radius 3 is 2.95 bits per heavy atom. The first-order valence-corrected chi connectivity index (χ1v) is 5.94. The summed E-state index contributed by atoms with van der Waals surface area (Å²) in [5, 5.41) is 22.7. The molecule has 0 aromatic carbocycles. The number of aromatic nitrogens is 5. The Balaban J connectivity index is 1.87. The highest BCUT2D eigenvalue weighted by atomic mass is 16.4. The molecular weight excluding hydrogens is 264 g/mol. The highest BCUT2D eigenvalue weighted by Crippen LogP contribution is 2.03. The summed E-state index contributed by atoms with van der Waals surface area (Å²) in [5.41, 5.74) is 0.493. The van der Waals surface area contributed by atoms with Crippen LogP contribution in [0.3, 0.4) is 0 Å². The molecule has 2 heterocycles. The maximum absolute atomic E-state index is 11.9. The van der Waals surface area contributed by atoms with Crippen molar-refractivity contribution in [3.05, 3.63) is 30.4 Å². The minimum absolute atomic E-state index is 0.185. The first-order valence-electron chi connectivity index (χ1n) is 5.94. The van der Waals surface area contributed by atoms with Crippen LogP contribution in [-0.4, -0.2) is 41.8 Å². The van der Waals surface area contributed by atoms with E-state index in [4.69, 9.17) is 5.11 Å². The molecule has 2 N–H and O–H groups in total. The van der Waals surface area contributed by atoms with E-state index >= 15 is 0 Å². The van der Waals surface area contributed by atoms with Crippen molar-refractivity contribution < 1.29 is 14.7 Å². The van der Waals surface area contributed by atoms with Gasteiger partial charge in [0.15, 0.2) is 0 Å². The first kappa shape index (κ1) is 13.7. The molecule has 2 aromatic rings. The molecule has 0 saturated carbocycles. The number of carboxylic acids is 1. The number of aliphatic carboxylic acids is 1. The topological polar surface area (TPSA) is 115 Å². The second-order valence-electron chi connectivity index (χ2n) is 4.18. The Hall–Kier alpha value is -2.71. The molecule has 20 heavy (non-hydrogen) atoms. The second kappa shape index (κ2) is 5.95. The molecule has 2 rings (SSSR count). The van der Waals surface area contributed by atoms with E-state index in [1.165, 1.54) is 15.6 Å². The number of carbonyl (C=O) groups excluding carboxylic acids is 1. The summed E-state index contributed by atoms with van der Waals surface area (Å²) in [7, 11) is 0. The molecular formula is C11H14N6O3. The molecule has 0 aliphatic carbocycles. The molecule has 0 fully saturated rings. The van der Waals surface area contributed by atoms with Gasteiger partial charge in [-0.15, -0.1) is 5.10 Å². The molecule has 2 aromatic heterocycles. The monoisotopic (exact) mass is 278 g/mol. The van der Waals surface area contributed by atoms with Crippen LogP contribution in [0.4, 0.5) is 0 Å². The van der Waals surface area contributed by atoms with E-state index in [2.05, 4.69) is 20.7 Å². The molecule has 0 radical (unpaired) electrons. The van der Waals surface area contributed by atoms with Gasteiger partial charge in [0.05, 0.1) is 12.7 Å². The largest absolute Gasteiger partial charge is 0.480 e. The van der Waals surface area contributed by atoms with Crippen LogP contribution in [0.25, 0.3) is 0 Å². The molecule has 0 aliphatic rings. The van der Waals surface area contributed by atoms with Crippen LogP contribution in [0.5, 0.6) is 0 Å². The number of carboxylic acid groups (broad SMARTS) is 1. The lowest BCUT2D eigenvalue weighted by atomic mass is 10.3. The number of nitrogens with one attached hydrogen (secondary N) is 1. The third-order valence-electron chi connectivity index (χ3n) is 2.63. The van der Waals surface area contributed by atoms with E-state index in [1.54, 1.807) is 25.4 Å². The summed E-state index contributed by atoms with van der Waals surface area (Å²) in [6, 6.07) is 1.31. The lowest BCUT2D eigenvalue weighted by molar-refractivity contribution is -0.138. The lowest BCUT2D eigenvalue weighted by Gasteiger charge is -2.11. The van der Waals surface area contributed by atoms with Gasteiger partial charge in [-0.2, -0.15) is 5.10 Å². The van der Waals surface area contributed by atoms with Crippen molar-refractivity contribution in [2.45, 2.75) is 26.1 Å². The number of amides is 1. The van der Waals surface area contributed by atoms with Crippen LogP contribution in [0.2, 0.25) is 0 Å². The number of hydrogen-bond donors (Lipinski definition) is 2. The minimum atomic E-state index is -1.00. The third kappa shape index (κ3) is 3.40. The van der Waals surface area contributed by atoms with Crippen LogP contribution < -0.4 is 5.32 Å².